The number of benzene rings is 1. The van der Waals surface area contributed by atoms with E-state index in [1.807, 2.05) is 11.0 Å². The number of carboxylic acids is 1. The van der Waals surface area contributed by atoms with Crippen molar-refractivity contribution in [1.82, 2.24) is 0 Å². The van der Waals surface area contributed by atoms with Crippen LogP contribution in [0.25, 0.3) is 0 Å². The molecule has 1 atom stereocenters. The molecule has 1 heterocycles. The Labute approximate surface area is 116 Å². The molecule has 0 spiro atoms. The monoisotopic (exact) mass is 280 g/mol. The van der Waals surface area contributed by atoms with Gasteiger partial charge in [-0.25, -0.2) is 0 Å². The summed E-state index contributed by atoms with van der Waals surface area (Å²) in [6.45, 7) is 1.50. The van der Waals surface area contributed by atoms with Gasteiger partial charge in [0, 0.05) is 13.1 Å². The van der Waals surface area contributed by atoms with E-state index in [0.717, 1.165) is 5.69 Å². The highest BCUT2D eigenvalue weighted by Crippen LogP contribution is 2.28. The minimum Gasteiger partial charge on any atom is -0.481 e. The Morgan fingerprint density at radius 2 is 2.42 bits per heavy atom. The summed E-state index contributed by atoms with van der Waals surface area (Å²) in [7, 11) is 0. The molecule has 1 saturated heterocycles. The molecular formula is C13H13ClN2O3. The van der Waals surface area contributed by atoms with Gasteiger partial charge in [0.25, 0.3) is 0 Å². The number of ether oxygens (including phenoxy) is 1. The summed E-state index contributed by atoms with van der Waals surface area (Å²) in [5.41, 5.74) is 1.15. The van der Waals surface area contributed by atoms with E-state index in [0.29, 0.717) is 30.3 Å². The number of carboxylic acid groups (broad SMARTS) is 1. The summed E-state index contributed by atoms with van der Waals surface area (Å²) < 4.78 is 5.41. The van der Waals surface area contributed by atoms with Crippen LogP contribution < -0.4 is 4.90 Å². The van der Waals surface area contributed by atoms with Crippen molar-refractivity contribution < 1.29 is 14.6 Å². The number of morpholine rings is 1. The third-order valence-corrected chi connectivity index (χ3v) is 3.30. The quantitative estimate of drug-likeness (QED) is 0.915. The summed E-state index contributed by atoms with van der Waals surface area (Å²) in [5.74, 6) is -0.890. The van der Waals surface area contributed by atoms with Crippen LogP contribution in [0.4, 0.5) is 5.69 Å². The van der Waals surface area contributed by atoms with Gasteiger partial charge in [0.15, 0.2) is 0 Å². The van der Waals surface area contributed by atoms with Gasteiger partial charge >= 0.3 is 5.97 Å². The largest absolute Gasteiger partial charge is 0.481 e. The topological polar surface area (TPSA) is 73.6 Å². The molecule has 1 aromatic carbocycles. The van der Waals surface area contributed by atoms with Crippen LogP contribution in [-0.4, -0.2) is 36.9 Å². The number of hydrogen-bond donors (Lipinski definition) is 1. The van der Waals surface area contributed by atoms with Crippen LogP contribution in [-0.2, 0) is 9.53 Å². The summed E-state index contributed by atoms with van der Waals surface area (Å²) in [5, 5.41) is 18.4. The number of rotatable bonds is 3. The van der Waals surface area contributed by atoms with E-state index in [2.05, 4.69) is 6.07 Å². The lowest BCUT2D eigenvalue weighted by Gasteiger charge is -2.34. The number of anilines is 1. The molecule has 1 aliphatic heterocycles. The van der Waals surface area contributed by atoms with Crippen LogP contribution >= 0.6 is 11.6 Å². The lowest BCUT2D eigenvalue weighted by atomic mass is 10.1. The zero-order valence-electron chi connectivity index (χ0n) is 10.2. The van der Waals surface area contributed by atoms with Gasteiger partial charge < -0.3 is 14.7 Å². The minimum absolute atomic E-state index is 0.0427. The normalized spacial score (nSPS) is 18.9. The van der Waals surface area contributed by atoms with E-state index >= 15 is 0 Å². The zero-order valence-corrected chi connectivity index (χ0v) is 10.9. The lowest BCUT2D eigenvalue weighted by Crippen LogP contribution is -2.43. The second-order valence-electron chi connectivity index (χ2n) is 4.28. The average Bonchev–Trinajstić information content (AvgIpc) is 2.38. The van der Waals surface area contributed by atoms with Crippen LogP contribution in [0.2, 0.25) is 5.02 Å². The van der Waals surface area contributed by atoms with Gasteiger partial charge in [-0.1, -0.05) is 17.7 Å². The number of halogens is 1. The maximum Gasteiger partial charge on any atom is 0.306 e. The second-order valence-corrected chi connectivity index (χ2v) is 4.69. The van der Waals surface area contributed by atoms with Crippen molar-refractivity contribution in [3.05, 3.63) is 28.8 Å². The van der Waals surface area contributed by atoms with Crippen molar-refractivity contribution in [1.29, 1.82) is 5.26 Å². The Morgan fingerprint density at radius 1 is 1.63 bits per heavy atom. The highest BCUT2D eigenvalue weighted by atomic mass is 35.5. The van der Waals surface area contributed by atoms with Crippen molar-refractivity contribution >= 4 is 23.3 Å². The highest BCUT2D eigenvalue weighted by Gasteiger charge is 2.24. The van der Waals surface area contributed by atoms with E-state index in [4.69, 9.17) is 26.7 Å². The maximum atomic E-state index is 10.7. The molecule has 6 heteroatoms. The van der Waals surface area contributed by atoms with Gasteiger partial charge in [-0.3, -0.25) is 4.79 Å². The van der Waals surface area contributed by atoms with E-state index < -0.39 is 5.97 Å². The summed E-state index contributed by atoms with van der Waals surface area (Å²) in [4.78, 5) is 12.7. The molecule has 0 saturated carbocycles. The molecule has 0 amide bonds. The summed E-state index contributed by atoms with van der Waals surface area (Å²) >= 11 is 5.99. The first-order valence-electron chi connectivity index (χ1n) is 5.88. The lowest BCUT2D eigenvalue weighted by molar-refractivity contribution is -0.140. The Balaban J connectivity index is 2.20. The van der Waals surface area contributed by atoms with E-state index in [9.17, 15) is 4.79 Å². The Bertz CT molecular complexity index is 527. The predicted octanol–water partition coefficient (Wildman–Crippen LogP) is 1.89. The smallest absolute Gasteiger partial charge is 0.306 e. The molecule has 0 aromatic heterocycles. The van der Waals surface area contributed by atoms with Gasteiger partial charge in [-0.15, -0.1) is 0 Å². The van der Waals surface area contributed by atoms with Gasteiger partial charge in [0.2, 0.25) is 0 Å². The molecule has 19 heavy (non-hydrogen) atoms. The average molecular weight is 281 g/mol. The SMILES string of the molecule is N#Cc1c(Cl)cccc1N1CCOC(CC(=O)O)C1. The number of nitrogens with zero attached hydrogens (tertiary/aromatic N) is 2. The minimum atomic E-state index is -0.890. The third kappa shape index (κ3) is 3.16. The van der Waals surface area contributed by atoms with Gasteiger partial charge in [0.05, 0.1) is 35.4 Å². The molecule has 0 aliphatic carbocycles. The van der Waals surface area contributed by atoms with E-state index in [1.165, 1.54) is 0 Å². The van der Waals surface area contributed by atoms with E-state index in [-0.39, 0.29) is 12.5 Å². The predicted molar refractivity (Wildman–Crippen MR) is 70.4 cm³/mol. The number of hydrogen-bond acceptors (Lipinski definition) is 4. The molecule has 1 aliphatic rings. The van der Waals surface area contributed by atoms with Gasteiger partial charge in [-0.05, 0) is 12.1 Å². The standard InChI is InChI=1S/C13H13ClN2O3/c14-11-2-1-3-12(10(11)7-15)16-4-5-19-9(8-16)6-13(17)18/h1-3,9H,4-6,8H2,(H,17,18). The molecule has 1 aromatic rings. The number of aliphatic carboxylic acids is 1. The molecule has 100 valence electrons. The highest BCUT2D eigenvalue weighted by molar-refractivity contribution is 6.32. The first kappa shape index (κ1) is 13.7. The fourth-order valence-corrected chi connectivity index (χ4v) is 2.36. The Morgan fingerprint density at radius 3 is 3.11 bits per heavy atom. The fourth-order valence-electron chi connectivity index (χ4n) is 2.14. The summed E-state index contributed by atoms with van der Waals surface area (Å²) in [6, 6.07) is 7.34. The second kappa shape index (κ2) is 5.91. The van der Waals surface area contributed by atoms with Crippen molar-refractivity contribution in [3.63, 3.8) is 0 Å². The van der Waals surface area contributed by atoms with Crippen molar-refractivity contribution in [2.24, 2.45) is 0 Å². The molecule has 0 bridgehead atoms. The third-order valence-electron chi connectivity index (χ3n) is 2.99. The molecule has 2 rings (SSSR count). The van der Waals surface area contributed by atoms with Crippen LogP contribution in [0.3, 0.4) is 0 Å². The first-order chi connectivity index (χ1) is 9.11. The number of carbonyl (C=O) groups is 1. The van der Waals surface area contributed by atoms with Gasteiger partial charge in [0.1, 0.15) is 6.07 Å². The Hall–Kier alpha value is -1.77. The van der Waals surface area contributed by atoms with Crippen molar-refractivity contribution in [2.45, 2.75) is 12.5 Å². The maximum absolute atomic E-state index is 10.7. The number of nitriles is 1. The first-order valence-corrected chi connectivity index (χ1v) is 6.26. The van der Waals surface area contributed by atoms with Crippen LogP contribution in [0.15, 0.2) is 18.2 Å². The van der Waals surface area contributed by atoms with Gasteiger partial charge in [-0.2, -0.15) is 5.26 Å². The van der Waals surface area contributed by atoms with Crippen LogP contribution in [0, 0.1) is 11.3 Å². The van der Waals surface area contributed by atoms with Crippen molar-refractivity contribution in [2.75, 3.05) is 24.6 Å². The fraction of sp³-hybridized carbons (Fsp3) is 0.385. The molecule has 5 nitrogen and oxygen atoms in total. The summed E-state index contributed by atoms with van der Waals surface area (Å²) in [6.07, 6.45) is -0.407. The van der Waals surface area contributed by atoms with Crippen LogP contribution in [0.5, 0.6) is 0 Å². The molecule has 1 fully saturated rings. The molecular weight excluding hydrogens is 268 g/mol. The van der Waals surface area contributed by atoms with Crippen LogP contribution in [0.1, 0.15) is 12.0 Å². The van der Waals surface area contributed by atoms with E-state index in [1.54, 1.807) is 12.1 Å². The molecule has 1 N–H and O–H groups in total. The zero-order chi connectivity index (χ0) is 13.8. The molecule has 1 unspecified atom stereocenters. The Kier molecular flexibility index (Phi) is 4.25. The molecule has 0 radical (unpaired) electrons. The van der Waals surface area contributed by atoms with Crippen molar-refractivity contribution in [3.8, 4) is 6.07 Å².